The molecule has 0 spiro atoms. The molecule has 0 fully saturated rings. The Morgan fingerprint density at radius 1 is 1.43 bits per heavy atom. The number of aliphatic carboxylic acids is 1. The zero-order valence-corrected chi connectivity index (χ0v) is 11.6. The Balaban J connectivity index is 1.99. The van der Waals surface area contributed by atoms with Crippen molar-refractivity contribution in [3.63, 3.8) is 0 Å². The number of nitrogens with zero attached hydrogens (tertiary/aromatic N) is 1. The van der Waals surface area contributed by atoms with Crippen LogP contribution >= 0.6 is 0 Å². The minimum absolute atomic E-state index is 0.125. The Morgan fingerprint density at radius 2 is 2.24 bits per heavy atom. The molecule has 0 saturated carbocycles. The number of carbonyl (C=O) groups is 1. The molecule has 5 nitrogen and oxygen atoms in total. The molecule has 21 heavy (non-hydrogen) atoms. The third-order valence-corrected chi connectivity index (χ3v) is 4.69. The number of nitrogens with one attached hydrogen (secondary N) is 1. The van der Waals surface area contributed by atoms with Gasteiger partial charge in [0.05, 0.1) is 5.92 Å². The maximum atomic E-state index is 11.3. The molecule has 4 rings (SSSR count). The largest absolute Gasteiger partial charge is 0.494 e. The molecular formula is C16H16N2O3. The molecule has 0 saturated heterocycles. The second kappa shape index (κ2) is 4.11. The first-order chi connectivity index (χ1) is 10.1. The van der Waals surface area contributed by atoms with Gasteiger partial charge in [0.15, 0.2) is 5.88 Å². The Kier molecular flexibility index (Phi) is 2.44. The summed E-state index contributed by atoms with van der Waals surface area (Å²) < 4.78 is 0. The van der Waals surface area contributed by atoms with Crippen molar-refractivity contribution in [3.05, 3.63) is 35.4 Å². The summed E-state index contributed by atoms with van der Waals surface area (Å²) in [6.45, 7) is 0.500. The smallest absolute Gasteiger partial charge is 0.311 e. The van der Waals surface area contributed by atoms with Crippen molar-refractivity contribution in [2.24, 2.45) is 5.92 Å². The topological polar surface area (TPSA) is 76.6 Å². The van der Waals surface area contributed by atoms with Gasteiger partial charge in [-0.3, -0.25) is 9.69 Å². The van der Waals surface area contributed by atoms with Crippen LogP contribution in [0.2, 0.25) is 0 Å². The second-order valence-electron chi connectivity index (χ2n) is 5.91. The SMILES string of the molecule is CN1C[C@H](C(=O)O)C=C2c3cccc4[nH]c(O)c(c34)C[C@H]21. The van der Waals surface area contributed by atoms with Crippen molar-refractivity contribution >= 4 is 22.4 Å². The fourth-order valence-electron chi connectivity index (χ4n) is 3.68. The van der Waals surface area contributed by atoms with E-state index in [4.69, 9.17) is 0 Å². The molecule has 2 aliphatic rings. The highest BCUT2D eigenvalue weighted by Gasteiger charge is 2.36. The van der Waals surface area contributed by atoms with Crippen LogP contribution in [0.15, 0.2) is 24.3 Å². The second-order valence-corrected chi connectivity index (χ2v) is 5.91. The molecule has 0 amide bonds. The van der Waals surface area contributed by atoms with Crippen LogP contribution in [0, 0.1) is 5.92 Å². The summed E-state index contributed by atoms with van der Waals surface area (Å²) in [5.74, 6) is -1.04. The van der Waals surface area contributed by atoms with Crippen molar-refractivity contribution in [2.45, 2.75) is 12.5 Å². The van der Waals surface area contributed by atoms with Gasteiger partial charge in [-0.25, -0.2) is 0 Å². The van der Waals surface area contributed by atoms with E-state index < -0.39 is 11.9 Å². The molecule has 3 N–H and O–H groups in total. The Morgan fingerprint density at radius 3 is 3.00 bits per heavy atom. The molecule has 0 radical (unpaired) electrons. The van der Waals surface area contributed by atoms with Crippen LogP contribution in [-0.4, -0.2) is 45.7 Å². The number of aromatic nitrogens is 1. The molecule has 0 bridgehead atoms. The fraction of sp³-hybridized carbons (Fsp3) is 0.312. The van der Waals surface area contributed by atoms with E-state index >= 15 is 0 Å². The Labute approximate surface area is 121 Å². The average Bonchev–Trinajstić information content (AvgIpc) is 2.77. The monoisotopic (exact) mass is 284 g/mol. The minimum atomic E-state index is -0.789. The zero-order valence-electron chi connectivity index (χ0n) is 11.6. The zero-order chi connectivity index (χ0) is 14.7. The number of aromatic hydroxyl groups is 1. The Hall–Kier alpha value is -2.27. The van der Waals surface area contributed by atoms with Gasteiger partial charge in [-0.2, -0.15) is 0 Å². The van der Waals surface area contributed by atoms with Gasteiger partial charge in [-0.15, -0.1) is 0 Å². The molecule has 2 atom stereocenters. The Bertz CT molecular complexity index is 790. The summed E-state index contributed by atoms with van der Waals surface area (Å²) >= 11 is 0. The van der Waals surface area contributed by atoms with E-state index in [0.29, 0.717) is 13.0 Å². The van der Waals surface area contributed by atoms with Crippen LogP contribution in [0.1, 0.15) is 11.1 Å². The minimum Gasteiger partial charge on any atom is -0.494 e. The lowest BCUT2D eigenvalue weighted by atomic mass is 9.80. The van der Waals surface area contributed by atoms with Gasteiger partial charge in [-0.1, -0.05) is 18.2 Å². The van der Waals surface area contributed by atoms with Gasteiger partial charge in [0.1, 0.15) is 0 Å². The first kappa shape index (κ1) is 12.5. The first-order valence-electron chi connectivity index (χ1n) is 7.04. The fourth-order valence-corrected chi connectivity index (χ4v) is 3.68. The van der Waals surface area contributed by atoms with E-state index in [1.165, 1.54) is 0 Å². The number of aromatic amines is 1. The van der Waals surface area contributed by atoms with Gasteiger partial charge in [0, 0.05) is 29.1 Å². The number of carboxylic acids is 1. The highest BCUT2D eigenvalue weighted by Crippen LogP contribution is 2.43. The maximum Gasteiger partial charge on any atom is 0.311 e. The number of hydrogen-bond donors (Lipinski definition) is 3. The van der Waals surface area contributed by atoms with Gasteiger partial charge in [0.2, 0.25) is 0 Å². The standard InChI is InChI=1S/C16H16N2O3/c1-18-7-8(16(20)21)5-10-9-3-2-4-12-14(9)11(6-13(10)18)15(19)17-12/h2-5,8,13,17,19H,6-7H2,1H3,(H,20,21)/t8-,13-/m1/s1. The normalized spacial score (nSPS) is 24.7. The molecule has 0 unspecified atom stereocenters. The summed E-state index contributed by atoms with van der Waals surface area (Å²) in [6, 6.07) is 6.00. The van der Waals surface area contributed by atoms with Crippen molar-refractivity contribution in [3.8, 4) is 5.88 Å². The maximum absolute atomic E-state index is 11.3. The number of fused-ring (bicyclic) bond motifs is 2. The van der Waals surface area contributed by atoms with E-state index in [1.807, 2.05) is 31.3 Å². The summed E-state index contributed by atoms with van der Waals surface area (Å²) in [6.07, 6.45) is 2.59. The number of benzene rings is 1. The highest BCUT2D eigenvalue weighted by atomic mass is 16.4. The molecule has 1 aromatic carbocycles. The molecule has 108 valence electrons. The molecule has 2 aromatic rings. The average molecular weight is 284 g/mol. The van der Waals surface area contributed by atoms with Gasteiger partial charge >= 0.3 is 5.97 Å². The molecule has 1 aromatic heterocycles. The lowest BCUT2D eigenvalue weighted by Gasteiger charge is -2.38. The predicted octanol–water partition coefficient (Wildman–Crippen LogP) is 1.83. The van der Waals surface area contributed by atoms with Crippen molar-refractivity contribution in [1.82, 2.24) is 9.88 Å². The number of rotatable bonds is 1. The number of H-pyrrole nitrogens is 1. The molecule has 5 heteroatoms. The highest BCUT2D eigenvalue weighted by molar-refractivity contribution is 6.00. The van der Waals surface area contributed by atoms with Crippen LogP contribution in [0.4, 0.5) is 0 Å². The van der Waals surface area contributed by atoms with E-state index in [-0.39, 0.29) is 11.9 Å². The van der Waals surface area contributed by atoms with Crippen molar-refractivity contribution < 1.29 is 15.0 Å². The quantitative estimate of drug-likeness (QED) is 0.746. The first-order valence-corrected chi connectivity index (χ1v) is 7.04. The van der Waals surface area contributed by atoms with Crippen molar-refractivity contribution in [1.29, 1.82) is 0 Å². The third kappa shape index (κ3) is 1.64. The van der Waals surface area contributed by atoms with Gasteiger partial charge < -0.3 is 15.2 Å². The van der Waals surface area contributed by atoms with E-state index in [1.54, 1.807) is 0 Å². The third-order valence-electron chi connectivity index (χ3n) is 4.69. The number of likely N-dealkylation sites (N-methyl/N-ethyl adjacent to an activating group) is 1. The summed E-state index contributed by atoms with van der Waals surface area (Å²) in [5.41, 5.74) is 3.93. The molecule has 2 heterocycles. The predicted molar refractivity (Wildman–Crippen MR) is 79.2 cm³/mol. The lowest BCUT2D eigenvalue weighted by Crippen LogP contribution is -2.44. The summed E-state index contributed by atoms with van der Waals surface area (Å²) in [4.78, 5) is 16.4. The van der Waals surface area contributed by atoms with E-state index in [2.05, 4.69) is 9.88 Å². The van der Waals surface area contributed by atoms with Crippen LogP contribution < -0.4 is 0 Å². The summed E-state index contributed by atoms with van der Waals surface area (Å²) in [5, 5.41) is 20.5. The summed E-state index contributed by atoms with van der Waals surface area (Å²) in [7, 11) is 1.95. The molecule has 1 aliphatic carbocycles. The number of carboxylic acid groups (broad SMARTS) is 1. The van der Waals surface area contributed by atoms with Crippen LogP contribution in [0.25, 0.3) is 16.5 Å². The van der Waals surface area contributed by atoms with Crippen LogP contribution in [0.3, 0.4) is 0 Å². The molecular weight excluding hydrogens is 268 g/mol. The van der Waals surface area contributed by atoms with Crippen molar-refractivity contribution in [2.75, 3.05) is 13.6 Å². The van der Waals surface area contributed by atoms with Gasteiger partial charge in [-0.05, 0) is 30.7 Å². The van der Waals surface area contributed by atoms with Crippen LogP contribution in [0.5, 0.6) is 5.88 Å². The van der Waals surface area contributed by atoms with Gasteiger partial charge in [0.25, 0.3) is 0 Å². The van der Waals surface area contributed by atoms with E-state index in [9.17, 15) is 15.0 Å². The lowest BCUT2D eigenvalue weighted by molar-refractivity contribution is -0.140. The number of hydrogen-bond acceptors (Lipinski definition) is 3. The molecule has 1 aliphatic heterocycles. The van der Waals surface area contributed by atoms with Crippen LogP contribution in [-0.2, 0) is 11.2 Å². The van der Waals surface area contributed by atoms with E-state index in [0.717, 1.165) is 27.6 Å².